The Balaban J connectivity index is 1.53. The Morgan fingerprint density at radius 3 is 2.51 bits per heavy atom. The van der Waals surface area contributed by atoms with Gasteiger partial charge in [-0.25, -0.2) is 4.98 Å². The third-order valence-corrected chi connectivity index (χ3v) is 6.73. The molecule has 41 heavy (non-hydrogen) atoms. The minimum absolute atomic E-state index is 0.0238. The smallest absolute Gasteiger partial charge is 0.426 e. The maximum atomic E-state index is 13.4. The predicted molar refractivity (Wildman–Crippen MR) is 139 cm³/mol. The SMILES string of the molecule is CC1(C)C(=O)Oc2ccc(Nc3ncc(-c4nnc(C(C)(O)C(F)(F)F)o4)c(NC(CO)c4ccccc4)n3)cc21. The van der Waals surface area contributed by atoms with Gasteiger partial charge in [0, 0.05) is 17.4 Å². The second-order valence-corrected chi connectivity index (χ2v) is 10.1. The summed E-state index contributed by atoms with van der Waals surface area (Å²) >= 11 is 0. The van der Waals surface area contributed by atoms with Crippen molar-refractivity contribution < 1.29 is 37.3 Å². The molecule has 2 aromatic heterocycles. The molecule has 2 aromatic carbocycles. The lowest BCUT2D eigenvalue weighted by Gasteiger charge is -2.21. The fraction of sp³-hybridized carbons (Fsp3) is 0.296. The summed E-state index contributed by atoms with van der Waals surface area (Å²) in [6.07, 6.45) is -3.82. The number of rotatable bonds is 8. The third-order valence-electron chi connectivity index (χ3n) is 6.73. The van der Waals surface area contributed by atoms with E-state index in [1.165, 1.54) is 6.20 Å². The van der Waals surface area contributed by atoms with E-state index in [4.69, 9.17) is 9.15 Å². The highest BCUT2D eigenvalue weighted by Crippen LogP contribution is 2.42. The molecule has 1 aliphatic rings. The second-order valence-electron chi connectivity index (χ2n) is 10.1. The van der Waals surface area contributed by atoms with E-state index in [9.17, 15) is 28.2 Å². The van der Waals surface area contributed by atoms with E-state index in [-0.39, 0.29) is 29.9 Å². The molecule has 2 atom stereocenters. The molecule has 4 N–H and O–H groups in total. The molecular formula is C27H25F3N6O5. The number of nitrogens with zero attached hydrogens (tertiary/aromatic N) is 4. The monoisotopic (exact) mass is 570 g/mol. The zero-order valence-electron chi connectivity index (χ0n) is 22.0. The molecule has 0 aliphatic carbocycles. The van der Waals surface area contributed by atoms with Crippen LogP contribution in [0, 0.1) is 0 Å². The summed E-state index contributed by atoms with van der Waals surface area (Å²) in [5.41, 5.74) is -2.32. The topological polar surface area (TPSA) is 156 Å². The van der Waals surface area contributed by atoms with E-state index in [2.05, 4.69) is 30.8 Å². The van der Waals surface area contributed by atoms with Crippen LogP contribution in [-0.4, -0.2) is 49.1 Å². The van der Waals surface area contributed by atoms with Gasteiger partial charge in [-0.3, -0.25) is 4.79 Å². The largest absolute Gasteiger partial charge is 0.426 e. The van der Waals surface area contributed by atoms with Crippen molar-refractivity contribution in [3.05, 3.63) is 71.7 Å². The van der Waals surface area contributed by atoms with Crippen LogP contribution in [-0.2, 0) is 15.8 Å². The predicted octanol–water partition coefficient (Wildman–Crippen LogP) is 4.38. The molecule has 0 spiro atoms. The lowest BCUT2D eigenvalue weighted by Crippen LogP contribution is -2.39. The number of aliphatic hydroxyl groups is 2. The first kappa shape index (κ1) is 28.0. The number of carbonyl (C=O) groups is 1. The summed E-state index contributed by atoms with van der Waals surface area (Å²) in [5.74, 6) is -1.26. The molecule has 1 aliphatic heterocycles. The summed E-state index contributed by atoms with van der Waals surface area (Å²) in [4.78, 5) is 20.9. The Labute approximate surface area is 231 Å². The van der Waals surface area contributed by atoms with E-state index in [0.29, 0.717) is 29.5 Å². The van der Waals surface area contributed by atoms with Crippen LogP contribution in [0.5, 0.6) is 5.75 Å². The number of benzene rings is 2. The quantitative estimate of drug-likeness (QED) is 0.176. The van der Waals surface area contributed by atoms with E-state index >= 15 is 0 Å². The van der Waals surface area contributed by atoms with Gasteiger partial charge in [-0.2, -0.15) is 18.2 Å². The van der Waals surface area contributed by atoms with Crippen molar-refractivity contribution in [2.75, 3.05) is 17.2 Å². The van der Waals surface area contributed by atoms with Crippen molar-refractivity contribution in [3.63, 3.8) is 0 Å². The first-order valence-corrected chi connectivity index (χ1v) is 12.4. The zero-order valence-corrected chi connectivity index (χ0v) is 22.0. The Morgan fingerprint density at radius 1 is 1.10 bits per heavy atom. The number of hydrogen-bond donors (Lipinski definition) is 4. The minimum atomic E-state index is -5.07. The standard InChI is InChI=1S/C27H25F3N6O5/c1-25(2)17-11-15(9-10-19(17)40-23(25)38)32-24-31-12-16(21-35-36-22(41-21)26(3,39)27(28,29)30)20(34-24)33-18(13-37)14-7-5-4-6-8-14/h4-12,18,37,39H,13H2,1-3H3,(H2,31,32,33,34). The summed E-state index contributed by atoms with van der Waals surface area (Å²) in [5, 5.41) is 33.2. The summed E-state index contributed by atoms with van der Waals surface area (Å²) < 4.78 is 50.6. The fourth-order valence-electron chi connectivity index (χ4n) is 4.10. The van der Waals surface area contributed by atoms with Crippen LogP contribution in [0.3, 0.4) is 0 Å². The van der Waals surface area contributed by atoms with Crippen molar-refractivity contribution >= 4 is 23.4 Å². The molecule has 11 nitrogen and oxygen atoms in total. The second kappa shape index (κ2) is 10.1. The molecule has 0 saturated heterocycles. The molecular weight excluding hydrogens is 545 g/mol. The Kier molecular flexibility index (Phi) is 6.91. The first-order chi connectivity index (χ1) is 19.3. The van der Waals surface area contributed by atoms with Crippen molar-refractivity contribution in [2.24, 2.45) is 0 Å². The van der Waals surface area contributed by atoms with Gasteiger partial charge in [-0.1, -0.05) is 30.3 Å². The summed E-state index contributed by atoms with van der Waals surface area (Å²) in [6, 6.07) is 13.3. The van der Waals surface area contributed by atoms with Crippen molar-refractivity contribution in [2.45, 2.75) is 44.0 Å². The van der Waals surface area contributed by atoms with E-state index in [0.717, 1.165) is 0 Å². The van der Waals surface area contributed by atoms with Crippen LogP contribution in [0.4, 0.5) is 30.6 Å². The average Bonchev–Trinajstić information content (AvgIpc) is 3.51. The lowest BCUT2D eigenvalue weighted by atomic mass is 9.86. The minimum Gasteiger partial charge on any atom is -0.426 e. The maximum absolute atomic E-state index is 13.4. The Hall–Kier alpha value is -4.56. The van der Waals surface area contributed by atoms with Gasteiger partial charge in [0.1, 0.15) is 11.6 Å². The number of aliphatic hydroxyl groups excluding tert-OH is 1. The third kappa shape index (κ3) is 5.18. The lowest BCUT2D eigenvalue weighted by molar-refractivity contribution is -0.266. The number of anilines is 3. The highest BCUT2D eigenvalue weighted by atomic mass is 19.4. The number of carbonyl (C=O) groups excluding carboxylic acids is 1. The molecule has 4 aromatic rings. The average molecular weight is 571 g/mol. The molecule has 0 saturated carbocycles. The Morgan fingerprint density at radius 2 is 1.83 bits per heavy atom. The van der Waals surface area contributed by atoms with Gasteiger partial charge in [0.25, 0.3) is 11.8 Å². The highest BCUT2D eigenvalue weighted by Gasteiger charge is 2.55. The summed E-state index contributed by atoms with van der Waals surface area (Å²) in [7, 11) is 0. The van der Waals surface area contributed by atoms with Crippen LogP contribution >= 0.6 is 0 Å². The number of aromatic nitrogens is 4. The van der Waals surface area contributed by atoms with E-state index in [1.54, 1.807) is 62.4 Å². The van der Waals surface area contributed by atoms with Gasteiger partial charge in [0.2, 0.25) is 11.5 Å². The maximum Gasteiger partial charge on any atom is 0.426 e. The first-order valence-electron chi connectivity index (χ1n) is 12.4. The van der Waals surface area contributed by atoms with Crippen LogP contribution in [0.2, 0.25) is 0 Å². The number of nitrogens with one attached hydrogen (secondary N) is 2. The van der Waals surface area contributed by atoms with Crippen LogP contribution in [0.1, 0.15) is 43.8 Å². The van der Waals surface area contributed by atoms with E-state index < -0.39 is 35.0 Å². The molecule has 0 amide bonds. The fourth-order valence-corrected chi connectivity index (χ4v) is 4.10. The molecule has 3 heterocycles. The van der Waals surface area contributed by atoms with E-state index in [1.807, 2.05) is 0 Å². The molecule has 0 radical (unpaired) electrons. The number of esters is 1. The normalized spacial score (nSPS) is 16.4. The number of halogens is 3. The van der Waals surface area contributed by atoms with Crippen molar-refractivity contribution in [1.29, 1.82) is 0 Å². The zero-order chi connectivity index (χ0) is 29.6. The highest BCUT2D eigenvalue weighted by molar-refractivity contribution is 5.90. The van der Waals surface area contributed by atoms with Gasteiger partial charge in [0.15, 0.2) is 0 Å². The molecule has 2 unspecified atom stereocenters. The van der Waals surface area contributed by atoms with Gasteiger partial charge < -0.3 is 30.0 Å². The van der Waals surface area contributed by atoms with Gasteiger partial charge in [-0.15, -0.1) is 10.2 Å². The molecule has 0 fully saturated rings. The van der Waals surface area contributed by atoms with Gasteiger partial charge in [0.05, 0.1) is 23.6 Å². The number of ether oxygens (including phenoxy) is 1. The number of fused-ring (bicyclic) bond motifs is 1. The molecule has 5 rings (SSSR count). The Bertz CT molecular complexity index is 1590. The molecule has 214 valence electrons. The summed E-state index contributed by atoms with van der Waals surface area (Å²) in [6.45, 7) is 3.63. The number of alkyl halides is 3. The number of hydrogen-bond acceptors (Lipinski definition) is 11. The van der Waals surface area contributed by atoms with Crippen molar-refractivity contribution in [1.82, 2.24) is 20.2 Å². The van der Waals surface area contributed by atoms with Crippen LogP contribution in [0.25, 0.3) is 11.5 Å². The molecule has 0 bridgehead atoms. The van der Waals surface area contributed by atoms with Crippen molar-refractivity contribution in [3.8, 4) is 17.2 Å². The molecule has 14 heteroatoms. The van der Waals surface area contributed by atoms with Gasteiger partial charge in [-0.05, 0) is 44.5 Å². The van der Waals surface area contributed by atoms with Crippen LogP contribution < -0.4 is 15.4 Å². The van der Waals surface area contributed by atoms with Crippen LogP contribution in [0.15, 0.2) is 59.1 Å². The van der Waals surface area contributed by atoms with Gasteiger partial charge >= 0.3 is 12.1 Å².